The van der Waals surface area contributed by atoms with Crippen molar-refractivity contribution in [3.8, 4) is 0 Å². The van der Waals surface area contributed by atoms with Gasteiger partial charge in [0.25, 0.3) is 0 Å². The molecule has 1 atom stereocenters. The van der Waals surface area contributed by atoms with E-state index in [4.69, 9.17) is 5.11 Å². The molecular formula is C10H14O3. The number of Topliss-reactive ketones (excluding diaryl/α,β-unsaturated/α-hetero) is 1. The van der Waals surface area contributed by atoms with Crippen LogP contribution in [0, 0.1) is 5.92 Å². The van der Waals surface area contributed by atoms with Crippen LogP contribution in [0.2, 0.25) is 0 Å². The molecule has 3 nitrogen and oxygen atoms in total. The number of aliphatic carboxylic acids is 1. The van der Waals surface area contributed by atoms with E-state index in [0.717, 1.165) is 12.8 Å². The molecule has 0 aromatic carbocycles. The Balaban J connectivity index is 2.57. The standard InChI is InChI=1S/C10H14O3/c1-7(10(12)13)5-8-3-2-4-9(11)6-8/h5,8H,2-4,6H2,1H3,(H,12,13). The highest BCUT2D eigenvalue weighted by atomic mass is 16.4. The molecule has 3 heteroatoms. The first kappa shape index (κ1) is 9.96. The van der Waals surface area contributed by atoms with Gasteiger partial charge in [-0.3, -0.25) is 4.79 Å². The number of hydrogen-bond acceptors (Lipinski definition) is 2. The lowest BCUT2D eigenvalue weighted by molar-refractivity contribution is -0.132. The second-order valence-corrected chi connectivity index (χ2v) is 3.55. The first-order valence-corrected chi connectivity index (χ1v) is 4.53. The minimum absolute atomic E-state index is 0.150. The Hall–Kier alpha value is -1.12. The van der Waals surface area contributed by atoms with Crippen LogP contribution in [0.1, 0.15) is 32.6 Å². The summed E-state index contributed by atoms with van der Waals surface area (Å²) in [5.41, 5.74) is 0.347. The van der Waals surface area contributed by atoms with Gasteiger partial charge in [0, 0.05) is 18.4 Å². The summed E-state index contributed by atoms with van der Waals surface area (Å²) in [5.74, 6) is -0.485. The highest BCUT2D eigenvalue weighted by molar-refractivity contribution is 5.86. The van der Waals surface area contributed by atoms with E-state index in [1.165, 1.54) is 0 Å². The quantitative estimate of drug-likeness (QED) is 0.662. The van der Waals surface area contributed by atoms with Gasteiger partial charge in [0.15, 0.2) is 0 Å². The van der Waals surface area contributed by atoms with Gasteiger partial charge in [0.05, 0.1) is 0 Å². The zero-order valence-electron chi connectivity index (χ0n) is 7.75. The molecule has 72 valence electrons. The number of carboxylic acids is 1. The molecule has 0 aliphatic heterocycles. The minimum Gasteiger partial charge on any atom is -0.478 e. The molecule has 0 radical (unpaired) electrons. The molecule has 0 amide bonds. The van der Waals surface area contributed by atoms with Crippen molar-refractivity contribution in [2.45, 2.75) is 32.6 Å². The molecule has 1 fully saturated rings. The van der Waals surface area contributed by atoms with Gasteiger partial charge in [0.1, 0.15) is 5.78 Å². The summed E-state index contributed by atoms with van der Waals surface area (Å²) in [6.07, 6.45) is 4.73. The van der Waals surface area contributed by atoms with Gasteiger partial charge >= 0.3 is 5.97 Å². The Morgan fingerprint density at radius 3 is 2.85 bits per heavy atom. The Labute approximate surface area is 77.4 Å². The number of carbonyl (C=O) groups is 2. The maximum Gasteiger partial charge on any atom is 0.330 e. The van der Waals surface area contributed by atoms with E-state index >= 15 is 0 Å². The highest BCUT2D eigenvalue weighted by Gasteiger charge is 2.18. The van der Waals surface area contributed by atoms with Crippen molar-refractivity contribution >= 4 is 11.8 Å². The predicted octanol–water partition coefficient (Wildman–Crippen LogP) is 1.78. The van der Waals surface area contributed by atoms with Crippen molar-refractivity contribution in [2.75, 3.05) is 0 Å². The summed E-state index contributed by atoms with van der Waals surface area (Å²) >= 11 is 0. The normalized spacial score (nSPS) is 24.5. The lowest BCUT2D eigenvalue weighted by Gasteiger charge is -2.17. The molecule has 0 aromatic rings. The van der Waals surface area contributed by atoms with E-state index in [1.807, 2.05) is 0 Å². The summed E-state index contributed by atoms with van der Waals surface area (Å²) in [7, 11) is 0. The third kappa shape index (κ3) is 3.01. The topological polar surface area (TPSA) is 54.4 Å². The zero-order valence-corrected chi connectivity index (χ0v) is 7.75. The molecule has 0 heterocycles. The number of rotatable bonds is 2. The van der Waals surface area contributed by atoms with Crippen molar-refractivity contribution in [2.24, 2.45) is 5.92 Å². The molecule has 1 saturated carbocycles. The van der Waals surface area contributed by atoms with E-state index in [9.17, 15) is 9.59 Å². The van der Waals surface area contributed by atoms with E-state index < -0.39 is 5.97 Å². The highest BCUT2D eigenvalue weighted by Crippen LogP contribution is 2.23. The fourth-order valence-electron chi connectivity index (χ4n) is 1.63. The molecule has 1 rings (SSSR count). The maximum atomic E-state index is 11.0. The van der Waals surface area contributed by atoms with Gasteiger partial charge in [-0.05, 0) is 25.7 Å². The third-order valence-electron chi connectivity index (χ3n) is 2.34. The Kier molecular flexibility index (Phi) is 3.23. The minimum atomic E-state index is -0.891. The average molecular weight is 182 g/mol. The fourth-order valence-corrected chi connectivity index (χ4v) is 1.63. The zero-order chi connectivity index (χ0) is 9.84. The third-order valence-corrected chi connectivity index (χ3v) is 2.34. The van der Waals surface area contributed by atoms with Crippen molar-refractivity contribution in [3.05, 3.63) is 11.6 Å². The molecule has 1 N–H and O–H groups in total. The molecule has 0 bridgehead atoms. The second kappa shape index (κ2) is 4.21. The van der Waals surface area contributed by atoms with Gasteiger partial charge in [-0.2, -0.15) is 0 Å². The number of carbonyl (C=O) groups excluding carboxylic acids is 1. The van der Waals surface area contributed by atoms with Gasteiger partial charge in [-0.1, -0.05) is 6.08 Å². The second-order valence-electron chi connectivity index (χ2n) is 3.55. The van der Waals surface area contributed by atoms with Crippen LogP contribution in [0.25, 0.3) is 0 Å². The van der Waals surface area contributed by atoms with E-state index in [-0.39, 0.29) is 11.7 Å². The summed E-state index contributed by atoms with van der Waals surface area (Å²) in [4.78, 5) is 21.5. The van der Waals surface area contributed by atoms with Gasteiger partial charge in [0.2, 0.25) is 0 Å². The SMILES string of the molecule is CC(=CC1CCCC(=O)C1)C(=O)O. The van der Waals surface area contributed by atoms with Gasteiger partial charge in [-0.25, -0.2) is 4.79 Å². The van der Waals surface area contributed by atoms with Crippen LogP contribution in [0.15, 0.2) is 11.6 Å². The van der Waals surface area contributed by atoms with Crippen LogP contribution in [-0.4, -0.2) is 16.9 Å². The van der Waals surface area contributed by atoms with Crippen molar-refractivity contribution in [1.82, 2.24) is 0 Å². The van der Waals surface area contributed by atoms with Crippen LogP contribution in [0.3, 0.4) is 0 Å². The monoisotopic (exact) mass is 182 g/mol. The Morgan fingerprint density at radius 2 is 2.31 bits per heavy atom. The van der Waals surface area contributed by atoms with E-state index in [2.05, 4.69) is 0 Å². The van der Waals surface area contributed by atoms with Gasteiger partial charge < -0.3 is 5.11 Å². The van der Waals surface area contributed by atoms with Crippen LogP contribution in [-0.2, 0) is 9.59 Å². The van der Waals surface area contributed by atoms with Gasteiger partial charge in [-0.15, -0.1) is 0 Å². The first-order chi connectivity index (χ1) is 6.09. The Morgan fingerprint density at radius 1 is 1.62 bits per heavy atom. The van der Waals surface area contributed by atoms with Crippen molar-refractivity contribution < 1.29 is 14.7 Å². The lowest BCUT2D eigenvalue weighted by atomic mass is 9.87. The largest absolute Gasteiger partial charge is 0.478 e. The molecule has 1 aliphatic carbocycles. The molecule has 1 aliphatic rings. The summed E-state index contributed by atoms with van der Waals surface area (Å²) in [5, 5.41) is 8.63. The van der Waals surface area contributed by atoms with Crippen LogP contribution >= 0.6 is 0 Å². The molecule has 0 spiro atoms. The number of allylic oxidation sites excluding steroid dienone is 1. The number of carboxylic acid groups (broad SMARTS) is 1. The molecule has 13 heavy (non-hydrogen) atoms. The smallest absolute Gasteiger partial charge is 0.330 e. The van der Waals surface area contributed by atoms with Crippen LogP contribution in [0.4, 0.5) is 0 Å². The Bertz CT molecular complexity index is 253. The number of hydrogen-bond donors (Lipinski definition) is 1. The average Bonchev–Trinajstić information content (AvgIpc) is 2.04. The van der Waals surface area contributed by atoms with E-state index in [1.54, 1.807) is 13.0 Å². The summed E-state index contributed by atoms with van der Waals surface area (Å²) in [6, 6.07) is 0. The predicted molar refractivity (Wildman–Crippen MR) is 48.4 cm³/mol. The first-order valence-electron chi connectivity index (χ1n) is 4.53. The number of ketones is 1. The molecule has 1 unspecified atom stereocenters. The van der Waals surface area contributed by atoms with Crippen molar-refractivity contribution in [1.29, 1.82) is 0 Å². The molecule has 0 aromatic heterocycles. The van der Waals surface area contributed by atoms with Crippen molar-refractivity contribution in [3.63, 3.8) is 0 Å². The molecule has 0 saturated heterocycles. The van der Waals surface area contributed by atoms with E-state index in [0.29, 0.717) is 18.4 Å². The van der Waals surface area contributed by atoms with Crippen LogP contribution < -0.4 is 0 Å². The summed E-state index contributed by atoms with van der Waals surface area (Å²) < 4.78 is 0. The maximum absolute atomic E-state index is 11.0. The summed E-state index contributed by atoms with van der Waals surface area (Å²) in [6.45, 7) is 1.57. The lowest BCUT2D eigenvalue weighted by Crippen LogP contribution is -2.14. The fraction of sp³-hybridized carbons (Fsp3) is 0.600. The van der Waals surface area contributed by atoms with Crippen LogP contribution in [0.5, 0.6) is 0 Å². The molecular weight excluding hydrogens is 168 g/mol.